The van der Waals surface area contributed by atoms with Crippen LogP contribution >= 0.6 is 0 Å². The first-order valence-corrected chi connectivity index (χ1v) is 4.07. The molecule has 0 radical (unpaired) electrons. The predicted molar refractivity (Wildman–Crippen MR) is 48.5 cm³/mol. The van der Waals surface area contributed by atoms with Crippen LogP contribution in [0.15, 0.2) is 12.3 Å². The zero-order valence-electron chi connectivity index (χ0n) is 7.66. The molecule has 64 valence electrons. The van der Waals surface area contributed by atoms with Gasteiger partial charge in [0.25, 0.3) is 0 Å². The Labute approximate surface area is 72.6 Å². The monoisotopic (exact) mass is 163 g/mol. The number of nitrogens with zero attached hydrogens (tertiary/aromatic N) is 1. The van der Waals surface area contributed by atoms with Crippen LogP contribution in [-0.4, -0.2) is 11.3 Å². The molecule has 0 aliphatic carbocycles. The van der Waals surface area contributed by atoms with Crippen LogP contribution in [-0.2, 0) is 0 Å². The lowest BCUT2D eigenvalue weighted by molar-refractivity contribution is 0.112. The molecule has 0 aliphatic rings. The van der Waals surface area contributed by atoms with Crippen molar-refractivity contribution < 1.29 is 4.79 Å². The Morgan fingerprint density at radius 3 is 2.67 bits per heavy atom. The van der Waals surface area contributed by atoms with Crippen molar-refractivity contribution in [1.29, 1.82) is 0 Å². The van der Waals surface area contributed by atoms with E-state index in [1.165, 1.54) is 0 Å². The lowest BCUT2D eigenvalue weighted by atomic mass is 10.0. The first kappa shape index (κ1) is 8.91. The highest BCUT2D eigenvalue weighted by molar-refractivity contribution is 5.76. The van der Waals surface area contributed by atoms with Crippen LogP contribution in [0.25, 0.3) is 0 Å². The van der Waals surface area contributed by atoms with Crippen molar-refractivity contribution in [3.05, 3.63) is 29.1 Å². The number of aromatic nitrogens is 1. The Morgan fingerprint density at radius 2 is 2.17 bits per heavy atom. The summed E-state index contributed by atoms with van der Waals surface area (Å²) in [6, 6.07) is 1.87. The number of hydrogen-bond donors (Lipinski definition) is 0. The van der Waals surface area contributed by atoms with Gasteiger partial charge in [-0.3, -0.25) is 9.78 Å². The number of pyridine rings is 1. The minimum absolute atomic E-state index is 0.311. The number of aldehydes is 1. The average molecular weight is 163 g/mol. The first-order chi connectivity index (χ1) is 5.65. The van der Waals surface area contributed by atoms with Crippen LogP contribution in [0.5, 0.6) is 0 Å². The third-order valence-corrected chi connectivity index (χ3v) is 1.76. The van der Waals surface area contributed by atoms with Crippen LogP contribution in [0.4, 0.5) is 0 Å². The number of carbonyl (C=O) groups excluding carboxylic acids is 1. The Bertz CT molecular complexity index is 292. The second-order valence-corrected chi connectivity index (χ2v) is 3.26. The number of aryl methyl sites for hydroxylation is 1. The summed E-state index contributed by atoms with van der Waals surface area (Å²) in [5, 5.41) is 0. The molecule has 0 fully saturated rings. The summed E-state index contributed by atoms with van der Waals surface area (Å²) in [6.07, 6.45) is 2.66. The minimum Gasteiger partial charge on any atom is -0.298 e. The summed E-state index contributed by atoms with van der Waals surface area (Å²) in [4.78, 5) is 14.9. The van der Waals surface area contributed by atoms with Crippen LogP contribution in [0.3, 0.4) is 0 Å². The van der Waals surface area contributed by atoms with Gasteiger partial charge >= 0.3 is 0 Å². The van der Waals surface area contributed by atoms with Crippen LogP contribution in [0.2, 0.25) is 0 Å². The molecule has 0 spiro atoms. The summed E-state index contributed by atoms with van der Waals surface area (Å²) in [5.74, 6) is 0.311. The van der Waals surface area contributed by atoms with Crippen molar-refractivity contribution in [1.82, 2.24) is 4.98 Å². The van der Waals surface area contributed by atoms with Gasteiger partial charge in [0.15, 0.2) is 6.29 Å². The molecule has 0 bridgehead atoms. The van der Waals surface area contributed by atoms with Crippen molar-refractivity contribution >= 4 is 6.29 Å². The summed E-state index contributed by atoms with van der Waals surface area (Å²) in [6.45, 7) is 6.00. The van der Waals surface area contributed by atoms with Gasteiger partial charge in [0.2, 0.25) is 0 Å². The van der Waals surface area contributed by atoms with Gasteiger partial charge in [-0.25, -0.2) is 0 Å². The fourth-order valence-corrected chi connectivity index (χ4v) is 1.18. The largest absolute Gasteiger partial charge is 0.298 e. The average Bonchev–Trinajstić information content (AvgIpc) is 2.03. The molecule has 1 aromatic heterocycles. The maximum atomic E-state index is 10.6. The fourth-order valence-electron chi connectivity index (χ4n) is 1.18. The zero-order valence-corrected chi connectivity index (χ0v) is 7.66. The third-order valence-electron chi connectivity index (χ3n) is 1.76. The molecule has 12 heavy (non-hydrogen) atoms. The molecule has 0 unspecified atom stereocenters. The SMILES string of the molecule is Cc1cnc(C(C)C)c(C=O)c1. The van der Waals surface area contributed by atoms with Crippen molar-refractivity contribution in [2.45, 2.75) is 26.7 Å². The second-order valence-electron chi connectivity index (χ2n) is 3.26. The van der Waals surface area contributed by atoms with Gasteiger partial charge in [0.05, 0.1) is 5.69 Å². The molecule has 0 saturated carbocycles. The highest BCUT2D eigenvalue weighted by Crippen LogP contribution is 2.15. The summed E-state index contributed by atoms with van der Waals surface area (Å²) >= 11 is 0. The van der Waals surface area contributed by atoms with Crippen LogP contribution in [0.1, 0.15) is 41.4 Å². The van der Waals surface area contributed by atoms with E-state index in [0.717, 1.165) is 17.5 Å². The smallest absolute Gasteiger partial charge is 0.151 e. The Morgan fingerprint density at radius 1 is 1.50 bits per heavy atom. The van der Waals surface area contributed by atoms with Crippen molar-refractivity contribution in [2.24, 2.45) is 0 Å². The molecule has 0 saturated heterocycles. The Hall–Kier alpha value is -1.18. The maximum absolute atomic E-state index is 10.6. The summed E-state index contributed by atoms with van der Waals surface area (Å²) in [7, 11) is 0. The minimum atomic E-state index is 0.311. The van der Waals surface area contributed by atoms with E-state index >= 15 is 0 Å². The maximum Gasteiger partial charge on any atom is 0.151 e. The van der Waals surface area contributed by atoms with Crippen LogP contribution in [0, 0.1) is 6.92 Å². The molecule has 1 aromatic rings. The molecule has 2 heteroatoms. The second kappa shape index (κ2) is 3.48. The van der Waals surface area contributed by atoms with E-state index in [1.807, 2.05) is 26.8 Å². The van der Waals surface area contributed by atoms with Crippen LogP contribution < -0.4 is 0 Å². The highest BCUT2D eigenvalue weighted by atomic mass is 16.1. The Balaban J connectivity index is 3.20. The molecular weight excluding hydrogens is 150 g/mol. The number of carbonyl (C=O) groups is 1. The molecule has 1 rings (SSSR count). The fraction of sp³-hybridized carbons (Fsp3) is 0.400. The third kappa shape index (κ3) is 1.70. The van der Waals surface area contributed by atoms with E-state index in [1.54, 1.807) is 6.20 Å². The molecule has 1 heterocycles. The van der Waals surface area contributed by atoms with Gasteiger partial charge in [-0.05, 0) is 24.5 Å². The molecule has 0 amide bonds. The van der Waals surface area contributed by atoms with Gasteiger partial charge in [-0.1, -0.05) is 13.8 Å². The van der Waals surface area contributed by atoms with Gasteiger partial charge < -0.3 is 0 Å². The van der Waals surface area contributed by atoms with E-state index < -0.39 is 0 Å². The van der Waals surface area contributed by atoms with Crippen molar-refractivity contribution in [3.63, 3.8) is 0 Å². The van der Waals surface area contributed by atoms with Gasteiger partial charge in [0, 0.05) is 11.8 Å². The topological polar surface area (TPSA) is 30.0 Å². The highest BCUT2D eigenvalue weighted by Gasteiger charge is 2.06. The lowest BCUT2D eigenvalue weighted by Gasteiger charge is -2.07. The normalized spacial score (nSPS) is 10.3. The van der Waals surface area contributed by atoms with E-state index in [9.17, 15) is 4.79 Å². The molecule has 0 aromatic carbocycles. The molecule has 2 nitrogen and oxygen atoms in total. The van der Waals surface area contributed by atoms with Gasteiger partial charge in [-0.15, -0.1) is 0 Å². The number of hydrogen-bond acceptors (Lipinski definition) is 2. The zero-order chi connectivity index (χ0) is 9.14. The molecule has 0 atom stereocenters. The van der Waals surface area contributed by atoms with Gasteiger partial charge in [0.1, 0.15) is 0 Å². The van der Waals surface area contributed by atoms with Gasteiger partial charge in [-0.2, -0.15) is 0 Å². The molecular formula is C10H13NO. The predicted octanol–water partition coefficient (Wildman–Crippen LogP) is 2.33. The lowest BCUT2D eigenvalue weighted by Crippen LogP contribution is -1.99. The van der Waals surface area contributed by atoms with Crippen molar-refractivity contribution in [3.8, 4) is 0 Å². The first-order valence-electron chi connectivity index (χ1n) is 4.07. The molecule has 0 N–H and O–H groups in total. The Kier molecular flexibility index (Phi) is 2.58. The van der Waals surface area contributed by atoms with E-state index in [0.29, 0.717) is 11.5 Å². The van der Waals surface area contributed by atoms with E-state index in [4.69, 9.17) is 0 Å². The van der Waals surface area contributed by atoms with Crippen molar-refractivity contribution in [2.75, 3.05) is 0 Å². The summed E-state index contributed by atoms with van der Waals surface area (Å²) in [5.41, 5.74) is 2.63. The number of rotatable bonds is 2. The van der Waals surface area contributed by atoms with E-state index in [-0.39, 0.29) is 0 Å². The molecule has 0 aliphatic heterocycles. The summed E-state index contributed by atoms with van der Waals surface area (Å²) < 4.78 is 0. The standard InChI is InChI=1S/C10H13NO/c1-7(2)10-9(6-12)4-8(3)5-11-10/h4-7H,1-3H3. The van der Waals surface area contributed by atoms with E-state index in [2.05, 4.69) is 4.98 Å². The quantitative estimate of drug-likeness (QED) is 0.626.